The Balaban J connectivity index is 1.57. The second-order valence-corrected chi connectivity index (χ2v) is 7.52. The van der Waals surface area contributed by atoms with E-state index in [-0.39, 0.29) is 5.91 Å². The van der Waals surface area contributed by atoms with Gasteiger partial charge in [-0.15, -0.1) is 0 Å². The molecule has 0 fully saturated rings. The molecule has 2 aromatic heterocycles. The summed E-state index contributed by atoms with van der Waals surface area (Å²) in [5, 5.41) is 7.63. The predicted molar refractivity (Wildman–Crippen MR) is 116 cm³/mol. The number of aromatic nitrogens is 3. The summed E-state index contributed by atoms with van der Waals surface area (Å²) in [5.41, 5.74) is 4.27. The van der Waals surface area contributed by atoms with E-state index in [1.807, 2.05) is 33.8 Å². The van der Waals surface area contributed by atoms with Crippen molar-refractivity contribution in [3.05, 3.63) is 77.8 Å². The lowest BCUT2D eigenvalue weighted by Crippen LogP contribution is -2.26. The summed E-state index contributed by atoms with van der Waals surface area (Å²) in [5.74, 6) is 0.676. The summed E-state index contributed by atoms with van der Waals surface area (Å²) in [6.07, 6.45) is 14.7. The molecule has 1 amide bonds. The minimum Gasteiger partial charge on any atom is -0.352 e. The average Bonchev–Trinajstić information content (AvgIpc) is 3.44. The van der Waals surface area contributed by atoms with E-state index >= 15 is 0 Å². The van der Waals surface area contributed by atoms with Gasteiger partial charge >= 0.3 is 0 Å². The van der Waals surface area contributed by atoms with Crippen molar-refractivity contribution in [2.75, 3.05) is 6.54 Å². The molecule has 3 aromatic rings. The molecule has 0 unspecified atom stereocenters. The van der Waals surface area contributed by atoms with Crippen LogP contribution in [0.5, 0.6) is 0 Å². The van der Waals surface area contributed by atoms with Gasteiger partial charge in [0.2, 0.25) is 0 Å². The molecular weight excluding hydrogens is 360 g/mol. The van der Waals surface area contributed by atoms with Crippen LogP contribution >= 0.6 is 0 Å². The van der Waals surface area contributed by atoms with Crippen molar-refractivity contribution in [3.8, 4) is 11.5 Å². The molecule has 5 nitrogen and oxygen atoms in total. The molecule has 2 heterocycles. The van der Waals surface area contributed by atoms with Gasteiger partial charge < -0.3 is 9.88 Å². The van der Waals surface area contributed by atoms with E-state index in [2.05, 4.69) is 47.7 Å². The maximum Gasteiger partial charge on any atom is 0.256 e. The van der Waals surface area contributed by atoms with Crippen LogP contribution in [0, 0.1) is 0 Å². The first kappa shape index (κ1) is 19.2. The van der Waals surface area contributed by atoms with E-state index in [1.54, 1.807) is 6.20 Å². The number of nitrogens with one attached hydrogen (secondary N) is 1. The highest BCUT2D eigenvalue weighted by Gasteiger charge is 2.19. The Morgan fingerprint density at radius 2 is 1.93 bits per heavy atom. The van der Waals surface area contributed by atoms with Crippen LogP contribution in [0.1, 0.15) is 54.9 Å². The Kier molecular flexibility index (Phi) is 5.94. The molecule has 150 valence electrons. The largest absolute Gasteiger partial charge is 0.352 e. The topological polar surface area (TPSA) is 51.9 Å². The van der Waals surface area contributed by atoms with E-state index in [0.717, 1.165) is 30.8 Å². The summed E-state index contributed by atoms with van der Waals surface area (Å²) in [6.45, 7) is 2.80. The molecule has 0 aliphatic heterocycles. The van der Waals surface area contributed by atoms with E-state index in [9.17, 15) is 4.79 Å². The minimum atomic E-state index is -0.0819. The number of carbonyl (C=O) groups is 1. The maximum atomic E-state index is 13.0. The molecule has 4 rings (SSSR count). The van der Waals surface area contributed by atoms with Crippen molar-refractivity contribution < 1.29 is 4.79 Å². The fourth-order valence-corrected chi connectivity index (χ4v) is 3.85. The quantitative estimate of drug-likeness (QED) is 0.589. The lowest BCUT2D eigenvalue weighted by Gasteiger charge is -2.14. The molecule has 1 aliphatic rings. The molecule has 0 bridgehead atoms. The van der Waals surface area contributed by atoms with Gasteiger partial charge in [0, 0.05) is 18.9 Å². The Morgan fingerprint density at radius 1 is 1.14 bits per heavy atom. The first-order valence-corrected chi connectivity index (χ1v) is 10.5. The monoisotopic (exact) mass is 388 g/mol. The molecule has 29 heavy (non-hydrogen) atoms. The maximum absolute atomic E-state index is 13.0. The SMILES string of the molecule is CCc1ccc(-n2ncc(C(=O)NCCC3=CCCCC3)c2-n2cccc2)cc1. The molecule has 1 aliphatic carbocycles. The highest BCUT2D eigenvalue weighted by molar-refractivity contribution is 5.97. The fourth-order valence-electron chi connectivity index (χ4n) is 3.85. The van der Waals surface area contributed by atoms with Crippen LogP contribution in [-0.4, -0.2) is 26.8 Å². The van der Waals surface area contributed by atoms with Gasteiger partial charge in [-0.1, -0.05) is 30.7 Å². The van der Waals surface area contributed by atoms with Crippen molar-refractivity contribution in [3.63, 3.8) is 0 Å². The van der Waals surface area contributed by atoms with Gasteiger partial charge in [0.05, 0.1) is 11.9 Å². The van der Waals surface area contributed by atoms with Crippen LogP contribution in [0.4, 0.5) is 0 Å². The molecule has 5 heteroatoms. The molecule has 0 saturated carbocycles. The van der Waals surface area contributed by atoms with Gasteiger partial charge in [-0.3, -0.25) is 4.79 Å². The van der Waals surface area contributed by atoms with Crippen LogP contribution in [0.25, 0.3) is 11.5 Å². The lowest BCUT2D eigenvalue weighted by molar-refractivity contribution is 0.0954. The normalized spacial score (nSPS) is 13.9. The summed E-state index contributed by atoms with van der Waals surface area (Å²) in [4.78, 5) is 13.0. The number of aryl methyl sites for hydroxylation is 1. The van der Waals surface area contributed by atoms with Gasteiger partial charge in [0.1, 0.15) is 5.56 Å². The highest BCUT2D eigenvalue weighted by Crippen LogP contribution is 2.22. The third kappa shape index (κ3) is 4.34. The van der Waals surface area contributed by atoms with Crippen molar-refractivity contribution in [2.24, 2.45) is 0 Å². The van der Waals surface area contributed by atoms with Gasteiger partial charge in [-0.05, 0) is 68.4 Å². The number of nitrogens with zero attached hydrogens (tertiary/aromatic N) is 3. The van der Waals surface area contributed by atoms with Gasteiger partial charge in [-0.2, -0.15) is 5.10 Å². The number of hydrogen-bond donors (Lipinski definition) is 1. The number of carbonyl (C=O) groups excluding carboxylic acids is 1. The van der Waals surface area contributed by atoms with Crippen LogP contribution in [0.3, 0.4) is 0 Å². The fraction of sp³-hybridized carbons (Fsp3) is 0.333. The zero-order valence-corrected chi connectivity index (χ0v) is 17.0. The molecular formula is C24H28N4O. The summed E-state index contributed by atoms with van der Waals surface area (Å²) in [7, 11) is 0. The Bertz CT molecular complexity index is 981. The standard InChI is InChI=1S/C24H28N4O/c1-2-19-10-12-21(13-11-19)28-24(27-16-6-7-17-27)22(18-26-28)23(29)25-15-14-20-8-4-3-5-9-20/h6-8,10-13,16-18H,2-5,9,14-15H2,1H3,(H,25,29). The van der Waals surface area contributed by atoms with Gasteiger partial charge in [-0.25, -0.2) is 4.68 Å². The number of allylic oxidation sites excluding steroid dienone is 1. The molecule has 0 atom stereocenters. The predicted octanol–water partition coefficient (Wildman–Crippen LogP) is 4.85. The zero-order chi connectivity index (χ0) is 20.1. The second-order valence-electron chi connectivity index (χ2n) is 7.52. The Hall–Kier alpha value is -3.08. The van der Waals surface area contributed by atoms with E-state index in [4.69, 9.17) is 0 Å². The third-order valence-corrected chi connectivity index (χ3v) is 5.54. The van der Waals surface area contributed by atoms with Crippen LogP contribution in [0.15, 0.2) is 66.6 Å². The Labute approximate surface area is 172 Å². The first-order valence-electron chi connectivity index (χ1n) is 10.5. The van der Waals surface area contributed by atoms with Crippen LogP contribution in [0.2, 0.25) is 0 Å². The number of benzene rings is 1. The second kappa shape index (κ2) is 8.95. The van der Waals surface area contributed by atoms with Crippen molar-refractivity contribution in [1.82, 2.24) is 19.7 Å². The van der Waals surface area contributed by atoms with Crippen LogP contribution in [-0.2, 0) is 6.42 Å². The zero-order valence-electron chi connectivity index (χ0n) is 17.0. The summed E-state index contributed by atoms with van der Waals surface area (Å²) < 4.78 is 3.78. The number of rotatable bonds is 7. The molecule has 1 N–H and O–H groups in total. The van der Waals surface area contributed by atoms with Crippen molar-refractivity contribution >= 4 is 5.91 Å². The molecule has 0 spiro atoms. The molecule has 0 saturated heterocycles. The van der Waals surface area contributed by atoms with E-state index in [1.165, 1.54) is 30.4 Å². The molecule has 0 radical (unpaired) electrons. The van der Waals surface area contributed by atoms with E-state index in [0.29, 0.717) is 12.1 Å². The minimum absolute atomic E-state index is 0.0819. The average molecular weight is 389 g/mol. The number of hydrogen-bond acceptors (Lipinski definition) is 2. The van der Waals surface area contributed by atoms with Gasteiger partial charge in [0.25, 0.3) is 5.91 Å². The van der Waals surface area contributed by atoms with Crippen LogP contribution < -0.4 is 5.32 Å². The van der Waals surface area contributed by atoms with Gasteiger partial charge in [0.15, 0.2) is 5.82 Å². The smallest absolute Gasteiger partial charge is 0.256 e. The third-order valence-electron chi connectivity index (χ3n) is 5.54. The van der Waals surface area contributed by atoms with E-state index < -0.39 is 0 Å². The summed E-state index contributed by atoms with van der Waals surface area (Å²) >= 11 is 0. The van der Waals surface area contributed by atoms with Crippen molar-refractivity contribution in [2.45, 2.75) is 45.4 Å². The first-order chi connectivity index (χ1) is 14.3. The number of amides is 1. The van der Waals surface area contributed by atoms with Crippen molar-refractivity contribution in [1.29, 1.82) is 0 Å². The summed E-state index contributed by atoms with van der Waals surface area (Å²) in [6, 6.07) is 12.2. The Morgan fingerprint density at radius 3 is 2.62 bits per heavy atom. The molecule has 1 aromatic carbocycles. The highest BCUT2D eigenvalue weighted by atomic mass is 16.1. The lowest BCUT2D eigenvalue weighted by atomic mass is 9.97.